The lowest BCUT2D eigenvalue weighted by atomic mass is 10.2. The van der Waals surface area contributed by atoms with Crippen LogP contribution in [0.25, 0.3) is 0 Å². The number of carbonyl (C=O) groups is 2. The first-order chi connectivity index (χ1) is 12.5. The Morgan fingerprint density at radius 2 is 1.85 bits per heavy atom. The van der Waals surface area contributed by atoms with Gasteiger partial charge in [0.1, 0.15) is 0 Å². The molecule has 0 aliphatic heterocycles. The van der Waals surface area contributed by atoms with Crippen molar-refractivity contribution in [3.05, 3.63) is 53.6 Å². The molecule has 6 heteroatoms. The van der Waals surface area contributed by atoms with Gasteiger partial charge in [0.05, 0.1) is 5.69 Å². The van der Waals surface area contributed by atoms with Crippen molar-refractivity contribution in [2.24, 2.45) is 0 Å². The maximum atomic E-state index is 12.3. The van der Waals surface area contributed by atoms with Crippen LogP contribution in [0.5, 0.6) is 0 Å². The third-order valence-corrected chi connectivity index (χ3v) is 4.70. The van der Waals surface area contributed by atoms with Crippen LogP contribution in [-0.2, 0) is 9.53 Å². The highest BCUT2D eigenvalue weighted by Crippen LogP contribution is 2.34. The van der Waals surface area contributed by atoms with Gasteiger partial charge in [0, 0.05) is 42.5 Å². The molecular formula is C20H24N2O3S. The first kappa shape index (κ1) is 20.0. The van der Waals surface area contributed by atoms with E-state index in [0.29, 0.717) is 24.4 Å². The second-order valence-electron chi connectivity index (χ2n) is 5.91. The standard InChI is InChI=1S/C20H24N2O3S/c1-14-5-8-17(9-6-14)26-19-10-7-16(13-18(19)22-15(2)23)20(24)21-11-4-12-25-3/h5-10,13H,4,11-12H2,1-3H3,(H,21,24)(H,22,23). The minimum atomic E-state index is -0.173. The maximum Gasteiger partial charge on any atom is 0.251 e. The minimum absolute atomic E-state index is 0.167. The molecule has 138 valence electrons. The zero-order chi connectivity index (χ0) is 18.9. The van der Waals surface area contributed by atoms with E-state index in [2.05, 4.69) is 10.6 Å². The lowest BCUT2D eigenvalue weighted by Gasteiger charge is -2.12. The fraction of sp³-hybridized carbons (Fsp3) is 0.300. The summed E-state index contributed by atoms with van der Waals surface area (Å²) >= 11 is 1.55. The van der Waals surface area contributed by atoms with E-state index in [9.17, 15) is 9.59 Å². The molecule has 0 unspecified atom stereocenters. The smallest absolute Gasteiger partial charge is 0.251 e. The Morgan fingerprint density at radius 3 is 2.50 bits per heavy atom. The first-order valence-electron chi connectivity index (χ1n) is 8.43. The van der Waals surface area contributed by atoms with Crippen LogP contribution in [0, 0.1) is 6.92 Å². The van der Waals surface area contributed by atoms with Gasteiger partial charge < -0.3 is 15.4 Å². The molecule has 0 aromatic heterocycles. The molecule has 0 aliphatic carbocycles. The predicted molar refractivity (Wildman–Crippen MR) is 105 cm³/mol. The predicted octanol–water partition coefficient (Wildman–Crippen LogP) is 3.87. The quantitative estimate of drug-likeness (QED) is 0.690. The van der Waals surface area contributed by atoms with Crippen LogP contribution in [0.2, 0.25) is 0 Å². The Hall–Kier alpha value is -2.31. The average molecular weight is 372 g/mol. The van der Waals surface area contributed by atoms with E-state index in [0.717, 1.165) is 16.2 Å². The summed E-state index contributed by atoms with van der Waals surface area (Å²) in [7, 11) is 1.63. The molecule has 2 N–H and O–H groups in total. The molecule has 26 heavy (non-hydrogen) atoms. The number of rotatable bonds is 8. The average Bonchev–Trinajstić information content (AvgIpc) is 2.61. The third-order valence-electron chi connectivity index (χ3n) is 3.61. The maximum absolute atomic E-state index is 12.3. The lowest BCUT2D eigenvalue weighted by Crippen LogP contribution is -2.25. The number of nitrogens with one attached hydrogen (secondary N) is 2. The van der Waals surface area contributed by atoms with E-state index in [1.54, 1.807) is 31.0 Å². The van der Waals surface area contributed by atoms with E-state index in [1.165, 1.54) is 12.5 Å². The van der Waals surface area contributed by atoms with Gasteiger partial charge in [-0.2, -0.15) is 0 Å². The number of carbonyl (C=O) groups excluding carboxylic acids is 2. The van der Waals surface area contributed by atoms with Crippen LogP contribution < -0.4 is 10.6 Å². The molecule has 0 saturated carbocycles. The highest BCUT2D eigenvalue weighted by molar-refractivity contribution is 7.99. The molecule has 0 saturated heterocycles. The van der Waals surface area contributed by atoms with Crippen LogP contribution in [0.4, 0.5) is 5.69 Å². The van der Waals surface area contributed by atoms with Gasteiger partial charge in [-0.3, -0.25) is 9.59 Å². The molecule has 0 bridgehead atoms. The number of methoxy groups -OCH3 is 1. The van der Waals surface area contributed by atoms with E-state index in [1.807, 2.05) is 37.3 Å². The zero-order valence-corrected chi connectivity index (χ0v) is 16.1. The lowest BCUT2D eigenvalue weighted by molar-refractivity contribution is -0.114. The molecule has 2 aromatic rings. The summed E-state index contributed by atoms with van der Waals surface area (Å²) < 4.78 is 4.97. The van der Waals surface area contributed by atoms with E-state index in [-0.39, 0.29) is 11.8 Å². The molecule has 2 amide bonds. The Morgan fingerprint density at radius 1 is 1.12 bits per heavy atom. The number of hydrogen-bond donors (Lipinski definition) is 2. The topological polar surface area (TPSA) is 67.4 Å². The van der Waals surface area contributed by atoms with Crippen molar-refractivity contribution in [1.82, 2.24) is 5.32 Å². The Balaban J connectivity index is 2.16. The number of benzene rings is 2. The second kappa shape index (κ2) is 9.99. The summed E-state index contributed by atoms with van der Waals surface area (Å²) in [6, 6.07) is 13.5. The molecule has 2 aromatic carbocycles. The normalized spacial score (nSPS) is 10.4. The van der Waals surface area contributed by atoms with Gasteiger partial charge >= 0.3 is 0 Å². The van der Waals surface area contributed by atoms with Crippen LogP contribution in [-0.4, -0.2) is 32.1 Å². The fourth-order valence-corrected chi connectivity index (χ4v) is 3.18. The molecule has 5 nitrogen and oxygen atoms in total. The highest BCUT2D eigenvalue weighted by atomic mass is 32.2. The van der Waals surface area contributed by atoms with Crippen molar-refractivity contribution in [1.29, 1.82) is 0 Å². The van der Waals surface area contributed by atoms with Gasteiger partial charge in [-0.1, -0.05) is 29.5 Å². The molecule has 0 fully saturated rings. The van der Waals surface area contributed by atoms with Gasteiger partial charge in [-0.25, -0.2) is 0 Å². The SMILES string of the molecule is COCCCNC(=O)c1ccc(Sc2ccc(C)cc2)c(NC(C)=O)c1. The van der Waals surface area contributed by atoms with Crippen LogP contribution in [0.1, 0.15) is 29.3 Å². The summed E-state index contributed by atoms with van der Waals surface area (Å²) in [5.74, 6) is -0.340. The fourth-order valence-electron chi connectivity index (χ4n) is 2.30. The number of hydrogen-bond acceptors (Lipinski definition) is 4. The van der Waals surface area contributed by atoms with Crippen LogP contribution in [0.15, 0.2) is 52.3 Å². The summed E-state index contributed by atoms with van der Waals surface area (Å²) in [6.07, 6.45) is 0.752. The molecule has 2 rings (SSSR count). The third kappa shape index (κ3) is 6.20. The van der Waals surface area contributed by atoms with Gasteiger partial charge in [-0.15, -0.1) is 0 Å². The van der Waals surface area contributed by atoms with Crippen LogP contribution in [0.3, 0.4) is 0 Å². The summed E-state index contributed by atoms with van der Waals surface area (Å²) in [5.41, 5.74) is 2.34. The van der Waals surface area contributed by atoms with Crippen molar-refractivity contribution in [2.45, 2.75) is 30.1 Å². The zero-order valence-electron chi connectivity index (χ0n) is 15.3. The summed E-state index contributed by atoms with van der Waals surface area (Å²) in [5, 5.41) is 5.67. The Kier molecular flexibility index (Phi) is 7.69. The van der Waals surface area contributed by atoms with E-state index >= 15 is 0 Å². The van der Waals surface area contributed by atoms with Crippen molar-refractivity contribution in [2.75, 3.05) is 25.6 Å². The van der Waals surface area contributed by atoms with Crippen molar-refractivity contribution < 1.29 is 14.3 Å². The molecular weight excluding hydrogens is 348 g/mol. The largest absolute Gasteiger partial charge is 0.385 e. The van der Waals surface area contributed by atoms with Crippen molar-refractivity contribution in [3.8, 4) is 0 Å². The second-order valence-corrected chi connectivity index (χ2v) is 7.02. The Bertz CT molecular complexity index is 760. The minimum Gasteiger partial charge on any atom is -0.385 e. The molecule has 0 spiro atoms. The number of amides is 2. The summed E-state index contributed by atoms with van der Waals surface area (Å²) in [6.45, 7) is 4.64. The molecule has 0 aliphatic rings. The molecule has 0 radical (unpaired) electrons. The van der Waals surface area contributed by atoms with Gasteiger partial charge in [-0.05, 0) is 43.7 Å². The molecule has 0 heterocycles. The number of ether oxygens (including phenoxy) is 1. The Labute approximate surface area is 158 Å². The van der Waals surface area contributed by atoms with Gasteiger partial charge in [0.15, 0.2) is 0 Å². The van der Waals surface area contributed by atoms with E-state index < -0.39 is 0 Å². The monoisotopic (exact) mass is 372 g/mol. The van der Waals surface area contributed by atoms with Gasteiger partial charge in [0.25, 0.3) is 5.91 Å². The number of aryl methyl sites for hydroxylation is 1. The van der Waals surface area contributed by atoms with Gasteiger partial charge in [0.2, 0.25) is 5.91 Å². The van der Waals surface area contributed by atoms with Crippen molar-refractivity contribution >= 4 is 29.3 Å². The highest BCUT2D eigenvalue weighted by Gasteiger charge is 2.12. The van der Waals surface area contributed by atoms with Crippen LogP contribution >= 0.6 is 11.8 Å². The number of anilines is 1. The van der Waals surface area contributed by atoms with E-state index in [4.69, 9.17) is 4.74 Å². The summed E-state index contributed by atoms with van der Waals surface area (Å²) in [4.78, 5) is 25.8. The molecule has 0 atom stereocenters. The first-order valence-corrected chi connectivity index (χ1v) is 9.24. The van der Waals surface area contributed by atoms with Crippen molar-refractivity contribution in [3.63, 3.8) is 0 Å².